The average Bonchev–Trinajstić information content (AvgIpc) is 2.62. The molecule has 1 saturated heterocycles. The highest BCUT2D eigenvalue weighted by atomic mass is 16.1. The summed E-state index contributed by atoms with van der Waals surface area (Å²) in [6.07, 6.45) is 0.978. The first kappa shape index (κ1) is 24.7. The number of nitrogens with two attached hydrogens (primary N) is 1. The molecule has 0 saturated carbocycles. The Morgan fingerprint density at radius 1 is 1.00 bits per heavy atom. The zero-order valence-corrected chi connectivity index (χ0v) is 16.7. The van der Waals surface area contributed by atoms with Gasteiger partial charge in [0.15, 0.2) is 0 Å². The summed E-state index contributed by atoms with van der Waals surface area (Å²) in [4.78, 5) is 16.6. The van der Waals surface area contributed by atoms with Crippen LogP contribution in [0.3, 0.4) is 0 Å². The molecule has 0 aliphatic carbocycles. The van der Waals surface area contributed by atoms with Crippen LogP contribution in [0.2, 0.25) is 0 Å². The Hall–Kier alpha value is -1.59. The number of benzene rings is 1. The van der Waals surface area contributed by atoms with E-state index in [1.54, 1.807) is 0 Å². The Morgan fingerprint density at radius 2 is 1.46 bits per heavy atom. The summed E-state index contributed by atoms with van der Waals surface area (Å²) in [5, 5.41) is 0. The van der Waals surface area contributed by atoms with Crippen LogP contribution in [0.5, 0.6) is 0 Å². The summed E-state index contributed by atoms with van der Waals surface area (Å²) in [6, 6.07) is 7.79. The number of piperazine rings is 1. The average molecular weight is 339 g/mol. The van der Waals surface area contributed by atoms with Crippen LogP contribution < -0.4 is 10.6 Å². The van der Waals surface area contributed by atoms with Gasteiger partial charge in [-0.1, -0.05) is 27.7 Å². The van der Waals surface area contributed by atoms with Crippen molar-refractivity contribution in [2.24, 2.45) is 0 Å². The number of nitrogens with zero attached hydrogens (tertiary/aromatic N) is 3. The fraction of sp³-hybridized carbons (Fsp3) is 0.632. The van der Waals surface area contributed by atoms with E-state index in [1.165, 1.54) is 5.69 Å². The molecule has 1 aromatic rings. The molecule has 5 nitrogen and oxygen atoms in total. The van der Waals surface area contributed by atoms with Gasteiger partial charge in [-0.05, 0) is 31.3 Å². The third-order valence-corrected chi connectivity index (χ3v) is 3.34. The molecule has 5 heteroatoms. The second-order valence-electron chi connectivity index (χ2n) is 5.26. The van der Waals surface area contributed by atoms with Crippen molar-refractivity contribution in [2.75, 3.05) is 64.5 Å². The van der Waals surface area contributed by atoms with Crippen LogP contribution in [0.1, 0.15) is 27.7 Å². The lowest BCUT2D eigenvalue weighted by molar-refractivity contribution is -0.109. The fourth-order valence-corrected chi connectivity index (χ4v) is 1.91. The summed E-state index contributed by atoms with van der Waals surface area (Å²) < 4.78 is 0. The van der Waals surface area contributed by atoms with Gasteiger partial charge in [0.1, 0.15) is 6.29 Å². The minimum Gasteiger partial charge on any atom is -0.399 e. The van der Waals surface area contributed by atoms with Gasteiger partial charge in [0.05, 0.1) is 6.54 Å². The zero-order valence-electron chi connectivity index (χ0n) is 16.7. The van der Waals surface area contributed by atoms with Crippen molar-refractivity contribution in [3.63, 3.8) is 0 Å². The quantitative estimate of drug-likeness (QED) is 0.678. The van der Waals surface area contributed by atoms with Gasteiger partial charge < -0.3 is 20.3 Å². The SMILES string of the molecule is CC.CC.CN(C)c1ccc(N)cc1.CN1CCN(CC=O)CC1. The van der Waals surface area contributed by atoms with Crippen molar-refractivity contribution in [1.82, 2.24) is 9.80 Å². The summed E-state index contributed by atoms with van der Waals surface area (Å²) in [7, 11) is 6.12. The van der Waals surface area contributed by atoms with E-state index in [0.717, 1.165) is 38.2 Å². The predicted octanol–water partition coefficient (Wildman–Crippen LogP) is 2.82. The molecule has 1 aliphatic heterocycles. The van der Waals surface area contributed by atoms with E-state index < -0.39 is 0 Å². The molecule has 2 N–H and O–H groups in total. The molecule has 0 spiro atoms. The van der Waals surface area contributed by atoms with E-state index in [-0.39, 0.29) is 0 Å². The van der Waals surface area contributed by atoms with E-state index in [2.05, 4.69) is 16.8 Å². The standard InChI is InChI=1S/C8H12N2.C7H14N2O.2C2H6/c1-10(2)8-5-3-7(9)4-6-8;1-8-2-4-9(5-3-8)6-7-10;2*1-2/h3-6H,9H2,1-2H3;7H,2-6H2,1H3;2*1-2H3. The van der Waals surface area contributed by atoms with Crippen molar-refractivity contribution in [3.8, 4) is 0 Å². The first-order valence-corrected chi connectivity index (χ1v) is 8.90. The Morgan fingerprint density at radius 3 is 1.83 bits per heavy atom. The van der Waals surface area contributed by atoms with Gasteiger partial charge >= 0.3 is 0 Å². The van der Waals surface area contributed by atoms with Gasteiger partial charge in [0, 0.05) is 51.6 Å². The Bertz CT molecular complexity index is 385. The minimum atomic E-state index is 0.605. The van der Waals surface area contributed by atoms with Gasteiger partial charge in [0.25, 0.3) is 0 Å². The maximum absolute atomic E-state index is 10.1. The highest BCUT2D eigenvalue weighted by Gasteiger charge is 2.11. The van der Waals surface area contributed by atoms with E-state index >= 15 is 0 Å². The summed E-state index contributed by atoms with van der Waals surface area (Å²) in [6.45, 7) is 12.9. The number of likely N-dealkylation sites (N-methyl/N-ethyl adjacent to an activating group) is 1. The van der Waals surface area contributed by atoms with Gasteiger partial charge in [0.2, 0.25) is 0 Å². The van der Waals surface area contributed by atoms with Gasteiger partial charge in [-0.2, -0.15) is 0 Å². The third-order valence-electron chi connectivity index (χ3n) is 3.34. The maximum atomic E-state index is 10.1. The summed E-state index contributed by atoms with van der Waals surface area (Å²) >= 11 is 0. The fourth-order valence-electron chi connectivity index (χ4n) is 1.91. The molecule has 140 valence electrons. The van der Waals surface area contributed by atoms with Crippen LogP contribution in [-0.4, -0.2) is 70.0 Å². The molecule has 1 aromatic carbocycles. The topological polar surface area (TPSA) is 52.8 Å². The summed E-state index contributed by atoms with van der Waals surface area (Å²) in [5.74, 6) is 0. The van der Waals surface area contributed by atoms with Crippen LogP contribution in [0, 0.1) is 0 Å². The molecule has 0 bridgehead atoms. The van der Waals surface area contributed by atoms with Crippen molar-refractivity contribution < 1.29 is 4.79 Å². The Kier molecular flexibility index (Phi) is 16.7. The number of carbonyl (C=O) groups is 1. The molecular weight excluding hydrogens is 300 g/mol. The Labute approximate surface area is 149 Å². The highest BCUT2D eigenvalue weighted by Crippen LogP contribution is 2.12. The van der Waals surface area contributed by atoms with Crippen molar-refractivity contribution >= 4 is 17.7 Å². The second-order valence-corrected chi connectivity index (χ2v) is 5.26. The lowest BCUT2D eigenvalue weighted by Gasteiger charge is -2.30. The Balaban J connectivity index is 0. The number of nitrogen functional groups attached to an aromatic ring is 1. The molecule has 0 amide bonds. The van der Waals surface area contributed by atoms with E-state index in [9.17, 15) is 4.79 Å². The van der Waals surface area contributed by atoms with E-state index in [1.807, 2.05) is 71.0 Å². The number of rotatable bonds is 3. The number of carbonyl (C=O) groups excluding carboxylic acids is 1. The molecule has 0 aromatic heterocycles. The van der Waals surface area contributed by atoms with Gasteiger partial charge in [-0.15, -0.1) is 0 Å². The molecule has 1 heterocycles. The lowest BCUT2D eigenvalue weighted by atomic mass is 10.3. The predicted molar refractivity (Wildman–Crippen MR) is 108 cm³/mol. The van der Waals surface area contributed by atoms with Crippen LogP contribution in [0.15, 0.2) is 24.3 Å². The molecule has 0 unspecified atom stereocenters. The van der Waals surface area contributed by atoms with E-state index in [4.69, 9.17) is 5.73 Å². The first-order valence-electron chi connectivity index (χ1n) is 8.90. The number of hydrogen-bond donors (Lipinski definition) is 1. The first-order chi connectivity index (χ1) is 11.5. The van der Waals surface area contributed by atoms with E-state index in [0.29, 0.717) is 6.54 Å². The smallest absolute Gasteiger partial charge is 0.133 e. The van der Waals surface area contributed by atoms with Crippen LogP contribution in [-0.2, 0) is 4.79 Å². The lowest BCUT2D eigenvalue weighted by Crippen LogP contribution is -2.44. The van der Waals surface area contributed by atoms with Crippen molar-refractivity contribution in [1.29, 1.82) is 0 Å². The second kappa shape index (κ2) is 16.3. The molecule has 0 atom stereocenters. The zero-order chi connectivity index (χ0) is 19.0. The largest absolute Gasteiger partial charge is 0.399 e. The van der Waals surface area contributed by atoms with Crippen molar-refractivity contribution in [3.05, 3.63) is 24.3 Å². The molecule has 24 heavy (non-hydrogen) atoms. The number of aldehydes is 1. The van der Waals surface area contributed by atoms with Crippen LogP contribution >= 0.6 is 0 Å². The highest BCUT2D eigenvalue weighted by molar-refractivity contribution is 5.52. The molecule has 1 fully saturated rings. The molecular formula is C19H38N4O. The summed E-state index contributed by atoms with van der Waals surface area (Å²) in [5.41, 5.74) is 7.49. The van der Waals surface area contributed by atoms with Crippen molar-refractivity contribution in [2.45, 2.75) is 27.7 Å². The van der Waals surface area contributed by atoms with Crippen LogP contribution in [0.25, 0.3) is 0 Å². The monoisotopic (exact) mass is 338 g/mol. The van der Waals surface area contributed by atoms with Gasteiger partial charge in [-0.25, -0.2) is 0 Å². The van der Waals surface area contributed by atoms with Gasteiger partial charge in [-0.3, -0.25) is 4.90 Å². The molecule has 1 aliphatic rings. The third kappa shape index (κ3) is 11.9. The molecule has 2 rings (SSSR count). The maximum Gasteiger partial charge on any atom is 0.133 e. The van der Waals surface area contributed by atoms with Crippen LogP contribution in [0.4, 0.5) is 11.4 Å². The minimum absolute atomic E-state index is 0.605. The number of hydrogen-bond acceptors (Lipinski definition) is 5. The normalized spacial score (nSPS) is 14.0. The number of anilines is 2. The molecule has 0 radical (unpaired) electrons.